The average molecular weight is 276 g/mol. The Labute approximate surface area is 115 Å². The zero-order valence-corrected chi connectivity index (χ0v) is 11.8. The number of amides is 1. The third kappa shape index (κ3) is 2.28. The predicted molar refractivity (Wildman–Crippen MR) is 73.2 cm³/mol. The lowest BCUT2D eigenvalue weighted by Gasteiger charge is -2.23. The van der Waals surface area contributed by atoms with Gasteiger partial charge in [0.15, 0.2) is 0 Å². The molecule has 0 saturated heterocycles. The second-order valence-corrected chi connectivity index (χ2v) is 5.90. The van der Waals surface area contributed by atoms with Crippen molar-refractivity contribution < 1.29 is 4.79 Å². The monoisotopic (exact) mass is 276 g/mol. The fourth-order valence-electron chi connectivity index (χ4n) is 2.56. The van der Waals surface area contributed by atoms with Gasteiger partial charge < -0.3 is 5.32 Å². The van der Waals surface area contributed by atoms with Crippen LogP contribution >= 0.6 is 11.3 Å². The first kappa shape index (κ1) is 12.3. The van der Waals surface area contributed by atoms with Crippen LogP contribution in [0.25, 0.3) is 0 Å². The van der Waals surface area contributed by atoms with E-state index in [1.807, 2.05) is 24.9 Å². The largest absolute Gasteiger partial charge is 0.344 e. The molecule has 1 unspecified atom stereocenters. The number of thiazole rings is 1. The van der Waals surface area contributed by atoms with Crippen LogP contribution in [0.5, 0.6) is 0 Å². The molecular weight excluding hydrogens is 260 g/mol. The molecule has 0 fully saturated rings. The maximum Gasteiger partial charge on any atom is 0.271 e. The van der Waals surface area contributed by atoms with E-state index in [1.54, 1.807) is 5.38 Å². The molecule has 1 aliphatic carbocycles. The van der Waals surface area contributed by atoms with E-state index < -0.39 is 0 Å². The topological polar surface area (TPSA) is 59.8 Å². The average Bonchev–Trinajstić information content (AvgIpc) is 2.98. The van der Waals surface area contributed by atoms with Crippen molar-refractivity contribution >= 4 is 17.2 Å². The Morgan fingerprint density at radius 2 is 2.42 bits per heavy atom. The lowest BCUT2D eigenvalue weighted by Crippen LogP contribution is -2.31. The van der Waals surface area contributed by atoms with E-state index >= 15 is 0 Å². The van der Waals surface area contributed by atoms with Gasteiger partial charge in [-0.1, -0.05) is 0 Å². The summed E-state index contributed by atoms with van der Waals surface area (Å²) in [4.78, 5) is 16.4. The highest BCUT2D eigenvalue weighted by Crippen LogP contribution is 2.29. The van der Waals surface area contributed by atoms with Crippen LogP contribution < -0.4 is 5.32 Å². The van der Waals surface area contributed by atoms with Crippen LogP contribution in [-0.2, 0) is 13.5 Å². The summed E-state index contributed by atoms with van der Waals surface area (Å²) in [5.41, 5.74) is 2.89. The molecule has 2 heterocycles. The smallest absolute Gasteiger partial charge is 0.271 e. The van der Waals surface area contributed by atoms with Crippen LogP contribution in [0.4, 0.5) is 0 Å². The maximum atomic E-state index is 12.1. The van der Waals surface area contributed by atoms with Crippen molar-refractivity contribution in [2.75, 3.05) is 0 Å². The van der Waals surface area contributed by atoms with E-state index in [9.17, 15) is 4.79 Å². The highest BCUT2D eigenvalue weighted by Gasteiger charge is 2.25. The lowest BCUT2D eigenvalue weighted by atomic mass is 9.93. The number of rotatable bonds is 2. The summed E-state index contributed by atoms with van der Waals surface area (Å²) in [6, 6.07) is 0.0620. The second-order valence-electron chi connectivity index (χ2n) is 4.84. The number of aryl methyl sites for hydroxylation is 2. The Balaban J connectivity index is 1.79. The third-order valence-electron chi connectivity index (χ3n) is 3.53. The summed E-state index contributed by atoms with van der Waals surface area (Å²) >= 11 is 1.50. The van der Waals surface area contributed by atoms with Crippen LogP contribution in [0.1, 0.15) is 45.6 Å². The Morgan fingerprint density at radius 1 is 1.58 bits per heavy atom. The molecule has 0 bridgehead atoms. The van der Waals surface area contributed by atoms with E-state index in [2.05, 4.69) is 15.4 Å². The summed E-state index contributed by atoms with van der Waals surface area (Å²) in [7, 11) is 1.95. The third-order valence-corrected chi connectivity index (χ3v) is 4.31. The molecule has 2 aromatic heterocycles. The molecule has 0 aliphatic heterocycles. The van der Waals surface area contributed by atoms with E-state index in [1.165, 1.54) is 17.0 Å². The van der Waals surface area contributed by atoms with Gasteiger partial charge in [0.1, 0.15) is 5.69 Å². The SMILES string of the molecule is Cc1nc(C(=O)NC2CCCc3c2cnn3C)cs1. The number of hydrogen-bond donors (Lipinski definition) is 1. The number of nitrogens with one attached hydrogen (secondary N) is 1. The van der Waals surface area contributed by atoms with Crippen molar-refractivity contribution in [2.24, 2.45) is 7.05 Å². The molecule has 6 heteroatoms. The van der Waals surface area contributed by atoms with Gasteiger partial charge >= 0.3 is 0 Å². The van der Waals surface area contributed by atoms with Crippen molar-refractivity contribution in [3.05, 3.63) is 33.5 Å². The normalized spacial score (nSPS) is 18.1. The maximum absolute atomic E-state index is 12.1. The van der Waals surface area contributed by atoms with E-state index in [4.69, 9.17) is 0 Å². The molecule has 2 aromatic rings. The summed E-state index contributed by atoms with van der Waals surface area (Å²) in [5, 5.41) is 10.1. The summed E-state index contributed by atoms with van der Waals surface area (Å²) in [5.74, 6) is -0.0916. The quantitative estimate of drug-likeness (QED) is 0.912. The molecule has 1 atom stereocenters. The van der Waals surface area contributed by atoms with Gasteiger partial charge in [-0.3, -0.25) is 9.48 Å². The van der Waals surface area contributed by atoms with Gasteiger partial charge in [-0.05, 0) is 26.2 Å². The summed E-state index contributed by atoms with van der Waals surface area (Å²) < 4.78 is 1.90. The first-order valence-electron chi connectivity index (χ1n) is 6.39. The number of hydrogen-bond acceptors (Lipinski definition) is 4. The molecule has 0 spiro atoms. The molecule has 3 rings (SSSR count). The van der Waals surface area contributed by atoms with Gasteiger partial charge in [0.05, 0.1) is 17.2 Å². The van der Waals surface area contributed by atoms with Gasteiger partial charge in [0.25, 0.3) is 5.91 Å². The molecule has 5 nitrogen and oxygen atoms in total. The summed E-state index contributed by atoms with van der Waals surface area (Å²) in [6.07, 6.45) is 4.95. The van der Waals surface area contributed by atoms with Gasteiger partial charge in [0, 0.05) is 23.7 Å². The Hall–Kier alpha value is -1.69. The lowest BCUT2D eigenvalue weighted by molar-refractivity contribution is 0.0928. The minimum Gasteiger partial charge on any atom is -0.344 e. The molecule has 0 aromatic carbocycles. The van der Waals surface area contributed by atoms with Crippen molar-refractivity contribution in [1.29, 1.82) is 0 Å². The Bertz CT molecular complexity index is 616. The number of nitrogens with zero attached hydrogens (tertiary/aromatic N) is 3. The van der Waals surface area contributed by atoms with Gasteiger partial charge in [0.2, 0.25) is 0 Å². The van der Waals surface area contributed by atoms with E-state index in [-0.39, 0.29) is 11.9 Å². The first-order chi connectivity index (χ1) is 9.15. The second kappa shape index (κ2) is 4.77. The molecule has 0 radical (unpaired) electrons. The molecular formula is C13H16N4OS. The van der Waals surface area contributed by atoms with Crippen LogP contribution in [0, 0.1) is 6.92 Å². The minimum absolute atomic E-state index is 0.0620. The Morgan fingerprint density at radius 3 is 3.16 bits per heavy atom. The van der Waals surface area contributed by atoms with Gasteiger partial charge in [-0.25, -0.2) is 4.98 Å². The fraction of sp³-hybridized carbons (Fsp3) is 0.462. The van der Waals surface area contributed by atoms with Crippen molar-refractivity contribution in [3.63, 3.8) is 0 Å². The standard InChI is InChI=1S/C13H16N4OS/c1-8-15-11(7-19-8)13(18)16-10-4-3-5-12-9(10)6-14-17(12)2/h6-7,10H,3-5H2,1-2H3,(H,16,18). The van der Waals surface area contributed by atoms with Crippen LogP contribution in [-0.4, -0.2) is 20.7 Å². The van der Waals surface area contributed by atoms with Crippen molar-refractivity contribution in [1.82, 2.24) is 20.1 Å². The molecule has 1 amide bonds. The number of carbonyl (C=O) groups excluding carboxylic acids is 1. The number of carbonyl (C=O) groups is 1. The van der Waals surface area contributed by atoms with Crippen molar-refractivity contribution in [2.45, 2.75) is 32.2 Å². The van der Waals surface area contributed by atoms with Crippen LogP contribution in [0.15, 0.2) is 11.6 Å². The van der Waals surface area contributed by atoms with Gasteiger partial charge in [-0.2, -0.15) is 5.10 Å². The fourth-order valence-corrected chi connectivity index (χ4v) is 3.15. The molecule has 19 heavy (non-hydrogen) atoms. The molecule has 0 saturated carbocycles. The van der Waals surface area contributed by atoms with Crippen LogP contribution in [0.2, 0.25) is 0 Å². The Kier molecular flexibility index (Phi) is 3.10. The highest BCUT2D eigenvalue weighted by atomic mass is 32.1. The van der Waals surface area contributed by atoms with E-state index in [0.717, 1.165) is 29.8 Å². The zero-order valence-electron chi connectivity index (χ0n) is 11.0. The highest BCUT2D eigenvalue weighted by molar-refractivity contribution is 7.09. The van der Waals surface area contributed by atoms with E-state index in [0.29, 0.717) is 5.69 Å². The summed E-state index contributed by atoms with van der Waals surface area (Å²) in [6.45, 7) is 1.90. The first-order valence-corrected chi connectivity index (χ1v) is 7.27. The van der Waals surface area contributed by atoms with Crippen molar-refractivity contribution in [3.8, 4) is 0 Å². The minimum atomic E-state index is -0.0916. The molecule has 1 N–H and O–H groups in total. The number of fused-ring (bicyclic) bond motifs is 1. The predicted octanol–water partition coefficient (Wildman–Crippen LogP) is 1.99. The van der Waals surface area contributed by atoms with Crippen LogP contribution in [0.3, 0.4) is 0 Å². The zero-order chi connectivity index (χ0) is 13.4. The molecule has 100 valence electrons. The van der Waals surface area contributed by atoms with Gasteiger partial charge in [-0.15, -0.1) is 11.3 Å². The number of aromatic nitrogens is 3. The molecule has 1 aliphatic rings.